The van der Waals surface area contributed by atoms with Gasteiger partial charge >= 0.3 is 0 Å². The molecule has 0 amide bonds. The summed E-state index contributed by atoms with van der Waals surface area (Å²) in [5.41, 5.74) is 1.34. The van der Waals surface area contributed by atoms with Gasteiger partial charge in [0.05, 0.1) is 0 Å². The largest absolute Gasteiger partial charge is 0.315 e. The second-order valence-electron chi connectivity index (χ2n) is 4.57. The van der Waals surface area contributed by atoms with E-state index in [1.165, 1.54) is 12.0 Å². The van der Waals surface area contributed by atoms with Crippen LogP contribution in [0.4, 0.5) is 0 Å². The monoisotopic (exact) mass is 206 g/mol. The Morgan fingerprint density at radius 2 is 2.13 bits per heavy atom. The van der Waals surface area contributed by atoms with Gasteiger partial charge in [0.25, 0.3) is 0 Å². The summed E-state index contributed by atoms with van der Waals surface area (Å²) in [6.45, 7) is 7.78. The van der Waals surface area contributed by atoms with Crippen LogP contribution in [0.1, 0.15) is 32.8 Å². The Hall–Kier alpha value is -0.890. The van der Waals surface area contributed by atoms with E-state index in [1.807, 2.05) is 18.5 Å². The quantitative estimate of drug-likeness (QED) is 0.774. The van der Waals surface area contributed by atoms with Gasteiger partial charge in [-0.15, -0.1) is 0 Å². The Balaban J connectivity index is 2.21. The van der Waals surface area contributed by atoms with Crippen LogP contribution in [-0.2, 0) is 6.42 Å². The van der Waals surface area contributed by atoms with Crippen molar-refractivity contribution in [1.82, 2.24) is 10.3 Å². The maximum Gasteiger partial charge on any atom is 0.0299 e. The maximum absolute atomic E-state index is 4.13. The van der Waals surface area contributed by atoms with Gasteiger partial charge in [-0.3, -0.25) is 4.98 Å². The van der Waals surface area contributed by atoms with Crippen LogP contribution >= 0.6 is 0 Å². The third-order valence-electron chi connectivity index (χ3n) is 2.50. The highest BCUT2D eigenvalue weighted by molar-refractivity contribution is 5.08. The summed E-state index contributed by atoms with van der Waals surface area (Å²) in [7, 11) is 0. The number of hydrogen-bond acceptors (Lipinski definition) is 2. The lowest BCUT2D eigenvalue weighted by Gasteiger charge is -2.13. The fourth-order valence-corrected chi connectivity index (χ4v) is 1.64. The van der Waals surface area contributed by atoms with Gasteiger partial charge in [0.15, 0.2) is 0 Å². The van der Waals surface area contributed by atoms with Gasteiger partial charge in [0.2, 0.25) is 0 Å². The highest BCUT2D eigenvalue weighted by Gasteiger charge is 2.03. The SMILES string of the molecule is CC(CCNC(C)C)Cc1cccnc1. The number of hydrogen-bond donors (Lipinski definition) is 1. The van der Waals surface area contributed by atoms with Crippen molar-refractivity contribution in [3.05, 3.63) is 30.1 Å². The topological polar surface area (TPSA) is 24.9 Å². The van der Waals surface area contributed by atoms with Gasteiger partial charge in [-0.25, -0.2) is 0 Å². The molecule has 1 atom stereocenters. The fraction of sp³-hybridized carbons (Fsp3) is 0.615. The molecule has 0 aromatic carbocycles. The summed E-state index contributed by atoms with van der Waals surface area (Å²) < 4.78 is 0. The molecule has 2 nitrogen and oxygen atoms in total. The molecule has 0 fully saturated rings. The molecule has 0 radical (unpaired) electrons. The first kappa shape index (κ1) is 12.2. The molecule has 0 bridgehead atoms. The number of aromatic nitrogens is 1. The average molecular weight is 206 g/mol. The normalized spacial score (nSPS) is 13.1. The minimum absolute atomic E-state index is 0.593. The molecule has 1 heterocycles. The van der Waals surface area contributed by atoms with E-state index >= 15 is 0 Å². The Labute approximate surface area is 93.1 Å². The van der Waals surface area contributed by atoms with Crippen LogP contribution in [0.3, 0.4) is 0 Å². The first-order valence-electron chi connectivity index (χ1n) is 5.80. The van der Waals surface area contributed by atoms with E-state index in [9.17, 15) is 0 Å². The number of nitrogens with one attached hydrogen (secondary N) is 1. The van der Waals surface area contributed by atoms with E-state index in [1.54, 1.807) is 0 Å². The molecule has 0 spiro atoms. The lowest BCUT2D eigenvalue weighted by molar-refractivity contribution is 0.476. The summed E-state index contributed by atoms with van der Waals surface area (Å²) in [6, 6.07) is 4.75. The summed E-state index contributed by atoms with van der Waals surface area (Å²) in [5.74, 6) is 0.723. The molecule has 0 aliphatic rings. The van der Waals surface area contributed by atoms with Gasteiger partial charge in [-0.1, -0.05) is 26.8 Å². The van der Waals surface area contributed by atoms with Crippen molar-refractivity contribution < 1.29 is 0 Å². The van der Waals surface area contributed by atoms with Gasteiger partial charge in [0, 0.05) is 18.4 Å². The predicted molar refractivity (Wildman–Crippen MR) is 64.9 cm³/mol. The lowest BCUT2D eigenvalue weighted by Crippen LogP contribution is -2.25. The van der Waals surface area contributed by atoms with Crippen LogP contribution in [0.15, 0.2) is 24.5 Å². The molecule has 84 valence electrons. The van der Waals surface area contributed by atoms with Crippen LogP contribution < -0.4 is 5.32 Å². The van der Waals surface area contributed by atoms with Crippen LogP contribution in [0.2, 0.25) is 0 Å². The van der Waals surface area contributed by atoms with Crippen molar-refractivity contribution in [1.29, 1.82) is 0 Å². The van der Waals surface area contributed by atoms with Crippen molar-refractivity contribution in [2.24, 2.45) is 5.92 Å². The molecule has 1 aromatic heterocycles. The molecule has 0 aliphatic carbocycles. The molecule has 0 saturated carbocycles. The molecule has 1 aromatic rings. The molecular weight excluding hydrogens is 184 g/mol. The second kappa shape index (κ2) is 6.57. The fourth-order valence-electron chi connectivity index (χ4n) is 1.64. The minimum atomic E-state index is 0.593. The zero-order valence-electron chi connectivity index (χ0n) is 10.0. The molecular formula is C13H22N2. The Kier molecular flexibility index (Phi) is 5.33. The van der Waals surface area contributed by atoms with E-state index in [0.29, 0.717) is 6.04 Å². The summed E-state index contributed by atoms with van der Waals surface area (Å²) >= 11 is 0. The molecule has 1 rings (SSSR count). The Bertz CT molecular complexity index is 256. The zero-order valence-corrected chi connectivity index (χ0v) is 10.0. The van der Waals surface area contributed by atoms with Gasteiger partial charge < -0.3 is 5.32 Å². The van der Waals surface area contributed by atoms with Crippen LogP contribution in [0.5, 0.6) is 0 Å². The van der Waals surface area contributed by atoms with Crippen molar-refractivity contribution in [2.75, 3.05) is 6.54 Å². The van der Waals surface area contributed by atoms with Gasteiger partial charge in [-0.05, 0) is 36.9 Å². The van der Waals surface area contributed by atoms with Crippen molar-refractivity contribution >= 4 is 0 Å². The first-order chi connectivity index (χ1) is 7.18. The Morgan fingerprint density at radius 3 is 2.73 bits per heavy atom. The summed E-state index contributed by atoms with van der Waals surface area (Å²) in [4.78, 5) is 4.13. The molecule has 0 aliphatic heterocycles. The van der Waals surface area contributed by atoms with Crippen LogP contribution in [-0.4, -0.2) is 17.6 Å². The van der Waals surface area contributed by atoms with E-state index in [4.69, 9.17) is 0 Å². The predicted octanol–water partition coefficient (Wildman–Crippen LogP) is 2.65. The van der Waals surface area contributed by atoms with Gasteiger partial charge in [0.1, 0.15) is 0 Å². The third kappa shape index (κ3) is 5.53. The zero-order chi connectivity index (χ0) is 11.1. The van der Waals surface area contributed by atoms with Gasteiger partial charge in [-0.2, -0.15) is 0 Å². The highest BCUT2D eigenvalue weighted by atomic mass is 14.9. The van der Waals surface area contributed by atoms with E-state index < -0.39 is 0 Å². The molecule has 1 N–H and O–H groups in total. The molecule has 1 unspecified atom stereocenters. The number of pyridine rings is 1. The summed E-state index contributed by atoms with van der Waals surface area (Å²) in [6.07, 6.45) is 6.15. The summed E-state index contributed by atoms with van der Waals surface area (Å²) in [5, 5.41) is 3.45. The lowest BCUT2D eigenvalue weighted by atomic mass is 9.99. The number of nitrogens with zero attached hydrogens (tertiary/aromatic N) is 1. The van der Waals surface area contributed by atoms with E-state index in [2.05, 4.69) is 37.1 Å². The minimum Gasteiger partial charge on any atom is -0.315 e. The maximum atomic E-state index is 4.13. The molecule has 15 heavy (non-hydrogen) atoms. The molecule has 0 saturated heterocycles. The number of rotatable bonds is 6. The van der Waals surface area contributed by atoms with Crippen LogP contribution in [0.25, 0.3) is 0 Å². The third-order valence-corrected chi connectivity index (χ3v) is 2.50. The van der Waals surface area contributed by atoms with Crippen molar-refractivity contribution in [2.45, 2.75) is 39.7 Å². The van der Waals surface area contributed by atoms with Crippen molar-refractivity contribution in [3.8, 4) is 0 Å². The average Bonchev–Trinajstić information content (AvgIpc) is 2.18. The highest BCUT2D eigenvalue weighted by Crippen LogP contribution is 2.09. The second-order valence-corrected chi connectivity index (χ2v) is 4.57. The first-order valence-corrected chi connectivity index (χ1v) is 5.80. The van der Waals surface area contributed by atoms with Crippen molar-refractivity contribution in [3.63, 3.8) is 0 Å². The van der Waals surface area contributed by atoms with Crippen LogP contribution in [0, 0.1) is 5.92 Å². The molecule has 2 heteroatoms. The smallest absolute Gasteiger partial charge is 0.0299 e. The Morgan fingerprint density at radius 1 is 1.33 bits per heavy atom. The standard InChI is InChI=1S/C13H22N2/c1-11(2)15-8-6-12(3)9-13-5-4-7-14-10-13/h4-5,7,10-12,15H,6,8-9H2,1-3H3. The van der Waals surface area contributed by atoms with E-state index in [0.717, 1.165) is 18.9 Å². The van der Waals surface area contributed by atoms with E-state index in [-0.39, 0.29) is 0 Å².